The first-order chi connectivity index (χ1) is 14.3. The number of hydrogen-bond acceptors (Lipinski definition) is 7. The van der Waals surface area contributed by atoms with E-state index in [9.17, 15) is 14.4 Å². The Morgan fingerprint density at radius 3 is 2.27 bits per heavy atom. The molecule has 30 heavy (non-hydrogen) atoms. The van der Waals surface area contributed by atoms with Crippen LogP contribution in [0.5, 0.6) is 17.2 Å². The predicted octanol–water partition coefficient (Wildman–Crippen LogP) is 1.43. The van der Waals surface area contributed by atoms with Gasteiger partial charge in [0.25, 0.3) is 11.8 Å². The number of hydrogen-bond donors (Lipinski definition) is 2. The number of ether oxygens (including phenoxy) is 4. The van der Waals surface area contributed by atoms with Crippen LogP contribution in [0.15, 0.2) is 42.5 Å². The van der Waals surface area contributed by atoms with Crippen molar-refractivity contribution in [1.82, 2.24) is 5.32 Å². The van der Waals surface area contributed by atoms with Crippen LogP contribution in [-0.2, 0) is 20.9 Å². The molecule has 2 aromatic rings. The second kappa shape index (κ2) is 10.7. The molecule has 1 atom stereocenters. The molecule has 160 valence electrons. The van der Waals surface area contributed by atoms with Gasteiger partial charge in [0, 0.05) is 6.54 Å². The summed E-state index contributed by atoms with van der Waals surface area (Å²) in [5.41, 5.74) is 6.04. The van der Waals surface area contributed by atoms with Gasteiger partial charge < -0.3 is 30.0 Å². The molecule has 2 aromatic carbocycles. The zero-order chi connectivity index (χ0) is 22.1. The van der Waals surface area contributed by atoms with Gasteiger partial charge in [-0.3, -0.25) is 9.59 Å². The van der Waals surface area contributed by atoms with Crippen LogP contribution in [0.2, 0.25) is 0 Å². The Kier molecular flexibility index (Phi) is 8.04. The van der Waals surface area contributed by atoms with Crippen molar-refractivity contribution >= 4 is 17.8 Å². The Balaban J connectivity index is 1.87. The van der Waals surface area contributed by atoms with Gasteiger partial charge in [-0.15, -0.1) is 0 Å². The average molecular weight is 416 g/mol. The number of benzene rings is 2. The fraction of sp³-hybridized carbons (Fsp3) is 0.286. The molecule has 0 heterocycles. The van der Waals surface area contributed by atoms with Crippen LogP contribution in [0.4, 0.5) is 0 Å². The molecular weight excluding hydrogens is 392 g/mol. The number of carbonyl (C=O) groups excluding carboxylic acids is 3. The van der Waals surface area contributed by atoms with Crippen molar-refractivity contribution in [2.75, 3.05) is 20.8 Å². The van der Waals surface area contributed by atoms with Crippen LogP contribution in [0.3, 0.4) is 0 Å². The fourth-order valence-electron chi connectivity index (χ4n) is 2.45. The molecule has 0 saturated heterocycles. The van der Waals surface area contributed by atoms with Gasteiger partial charge >= 0.3 is 5.97 Å². The van der Waals surface area contributed by atoms with Crippen LogP contribution < -0.4 is 25.3 Å². The molecule has 3 N–H and O–H groups in total. The lowest BCUT2D eigenvalue weighted by atomic mass is 10.2. The third-order valence-electron chi connectivity index (χ3n) is 4.04. The van der Waals surface area contributed by atoms with E-state index in [1.54, 1.807) is 18.2 Å². The lowest BCUT2D eigenvalue weighted by Crippen LogP contribution is -2.35. The third-order valence-corrected chi connectivity index (χ3v) is 4.04. The van der Waals surface area contributed by atoms with Crippen molar-refractivity contribution < 1.29 is 33.3 Å². The Morgan fingerprint density at radius 2 is 1.67 bits per heavy atom. The van der Waals surface area contributed by atoms with Crippen molar-refractivity contribution in [3.05, 3.63) is 53.6 Å². The summed E-state index contributed by atoms with van der Waals surface area (Å²) in [5.74, 6) is -0.199. The Morgan fingerprint density at radius 1 is 1.00 bits per heavy atom. The molecule has 0 fully saturated rings. The largest absolute Gasteiger partial charge is 0.493 e. The fourth-order valence-corrected chi connectivity index (χ4v) is 2.45. The summed E-state index contributed by atoms with van der Waals surface area (Å²) in [4.78, 5) is 35.2. The van der Waals surface area contributed by atoms with E-state index in [1.807, 2.05) is 0 Å². The summed E-state index contributed by atoms with van der Waals surface area (Å²) < 4.78 is 20.7. The van der Waals surface area contributed by atoms with Crippen LogP contribution in [-0.4, -0.2) is 44.7 Å². The van der Waals surface area contributed by atoms with Crippen LogP contribution in [0.25, 0.3) is 0 Å². The Hall–Kier alpha value is -3.75. The summed E-state index contributed by atoms with van der Waals surface area (Å²) >= 11 is 0. The number of amides is 2. The summed E-state index contributed by atoms with van der Waals surface area (Å²) in [6.07, 6.45) is -0.997. The number of nitrogens with one attached hydrogen (secondary N) is 1. The number of esters is 1. The molecular formula is C21H24N2O7. The molecule has 0 spiro atoms. The van der Waals surface area contributed by atoms with Gasteiger partial charge in [-0.25, -0.2) is 4.79 Å². The van der Waals surface area contributed by atoms with E-state index >= 15 is 0 Å². The Labute approximate surface area is 174 Å². The molecule has 0 radical (unpaired) electrons. The van der Waals surface area contributed by atoms with Crippen molar-refractivity contribution in [3.8, 4) is 17.2 Å². The molecule has 9 nitrogen and oxygen atoms in total. The maximum Gasteiger partial charge on any atom is 0.338 e. The molecule has 0 aliphatic carbocycles. The average Bonchev–Trinajstić information content (AvgIpc) is 2.75. The van der Waals surface area contributed by atoms with E-state index in [4.69, 9.17) is 24.7 Å². The minimum absolute atomic E-state index is 0.229. The molecule has 2 rings (SSSR count). The SMILES string of the molecule is COc1ccc(CNC(=O)[C@H](C)OC(=O)c2ccc(OCC(N)=O)cc2)cc1OC. The molecule has 2 amide bonds. The summed E-state index contributed by atoms with van der Waals surface area (Å²) in [6.45, 7) is 1.44. The van der Waals surface area contributed by atoms with Crippen molar-refractivity contribution in [3.63, 3.8) is 0 Å². The van der Waals surface area contributed by atoms with Gasteiger partial charge in [0.15, 0.2) is 24.2 Å². The number of rotatable bonds is 10. The van der Waals surface area contributed by atoms with Crippen LogP contribution in [0.1, 0.15) is 22.8 Å². The first-order valence-corrected chi connectivity index (χ1v) is 9.04. The third kappa shape index (κ3) is 6.40. The van der Waals surface area contributed by atoms with Crippen molar-refractivity contribution in [2.24, 2.45) is 5.73 Å². The van der Waals surface area contributed by atoms with E-state index in [0.717, 1.165) is 5.56 Å². The lowest BCUT2D eigenvalue weighted by Gasteiger charge is -2.14. The number of nitrogens with two attached hydrogens (primary N) is 1. The van der Waals surface area contributed by atoms with Crippen LogP contribution in [0, 0.1) is 0 Å². The standard InChI is InChI=1S/C21H24N2O7/c1-13(20(25)23-11-14-4-9-17(27-2)18(10-14)28-3)30-21(26)15-5-7-16(8-6-15)29-12-19(22)24/h4-10,13H,11-12H2,1-3H3,(H2,22,24)(H,23,25)/t13-/m0/s1. The highest BCUT2D eigenvalue weighted by Gasteiger charge is 2.19. The highest BCUT2D eigenvalue weighted by molar-refractivity contribution is 5.92. The van der Waals surface area contributed by atoms with Gasteiger partial charge in [0.1, 0.15) is 5.75 Å². The van der Waals surface area contributed by atoms with Gasteiger partial charge in [-0.1, -0.05) is 6.07 Å². The molecule has 0 saturated carbocycles. The highest BCUT2D eigenvalue weighted by atomic mass is 16.5. The zero-order valence-electron chi connectivity index (χ0n) is 17.0. The van der Waals surface area contributed by atoms with E-state index in [2.05, 4.69) is 5.32 Å². The van der Waals surface area contributed by atoms with Gasteiger partial charge in [-0.05, 0) is 48.9 Å². The predicted molar refractivity (Wildman–Crippen MR) is 107 cm³/mol. The summed E-state index contributed by atoms with van der Waals surface area (Å²) in [6, 6.07) is 11.2. The zero-order valence-corrected chi connectivity index (χ0v) is 17.0. The topological polar surface area (TPSA) is 126 Å². The smallest absolute Gasteiger partial charge is 0.338 e. The number of primary amides is 1. The normalized spacial score (nSPS) is 11.2. The second-order valence-corrected chi connectivity index (χ2v) is 6.23. The number of methoxy groups -OCH3 is 2. The first-order valence-electron chi connectivity index (χ1n) is 9.04. The first kappa shape index (κ1) is 22.5. The van der Waals surface area contributed by atoms with Crippen molar-refractivity contribution in [1.29, 1.82) is 0 Å². The quantitative estimate of drug-likeness (QED) is 0.561. The molecule has 0 aliphatic heterocycles. The van der Waals surface area contributed by atoms with Crippen LogP contribution >= 0.6 is 0 Å². The van der Waals surface area contributed by atoms with Crippen molar-refractivity contribution in [2.45, 2.75) is 19.6 Å². The Bertz CT molecular complexity index is 897. The maximum atomic E-state index is 12.3. The molecule has 0 unspecified atom stereocenters. The van der Waals surface area contributed by atoms with E-state index in [0.29, 0.717) is 17.2 Å². The summed E-state index contributed by atoms with van der Waals surface area (Å²) in [5, 5.41) is 2.70. The van der Waals surface area contributed by atoms with E-state index in [1.165, 1.54) is 45.4 Å². The summed E-state index contributed by atoms with van der Waals surface area (Å²) in [7, 11) is 3.06. The minimum atomic E-state index is -0.997. The molecule has 0 bridgehead atoms. The van der Waals surface area contributed by atoms with E-state index in [-0.39, 0.29) is 18.7 Å². The van der Waals surface area contributed by atoms with Gasteiger partial charge in [0.05, 0.1) is 19.8 Å². The molecule has 0 aromatic heterocycles. The minimum Gasteiger partial charge on any atom is -0.493 e. The lowest BCUT2D eigenvalue weighted by molar-refractivity contribution is -0.129. The van der Waals surface area contributed by atoms with Gasteiger partial charge in [0.2, 0.25) is 0 Å². The second-order valence-electron chi connectivity index (χ2n) is 6.23. The molecule has 0 aliphatic rings. The number of carbonyl (C=O) groups is 3. The van der Waals surface area contributed by atoms with Gasteiger partial charge in [-0.2, -0.15) is 0 Å². The highest BCUT2D eigenvalue weighted by Crippen LogP contribution is 2.27. The van der Waals surface area contributed by atoms with E-state index < -0.39 is 23.9 Å². The maximum absolute atomic E-state index is 12.3. The monoisotopic (exact) mass is 416 g/mol. The molecule has 9 heteroatoms.